The second-order valence-corrected chi connectivity index (χ2v) is 4.83. The molecule has 0 aromatic carbocycles. The number of nitrogens with one attached hydrogen (secondary N) is 1. The molecule has 1 unspecified atom stereocenters. The van der Waals surface area contributed by atoms with Gasteiger partial charge in [0.25, 0.3) is 0 Å². The fraction of sp³-hybridized carbons (Fsp3) is 1.00. The molecular formula is C11H22N2O. The Balaban J connectivity index is 1.82. The van der Waals surface area contributed by atoms with Gasteiger partial charge in [0, 0.05) is 25.2 Å². The molecule has 0 amide bonds. The Bertz CT molecular complexity index is 180. The van der Waals surface area contributed by atoms with Crippen molar-refractivity contribution in [3.05, 3.63) is 0 Å². The SMILES string of the molecule is C[C@@H]1CC[C@@H](O)CN1CC1CCCN1. The Morgan fingerprint density at radius 2 is 2.21 bits per heavy atom. The lowest BCUT2D eigenvalue weighted by atomic mass is 10.0. The van der Waals surface area contributed by atoms with Crippen molar-refractivity contribution in [2.24, 2.45) is 0 Å². The van der Waals surface area contributed by atoms with Gasteiger partial charge in [-0.25, -0.2) is 0 Å². The smallest absolute Gasteiger partial charge is 0.0667 e. The molecule has 0 radical (unpaired) electrons. The molecule has 2 aliphatic rings. The van der Waals surface area contributed by atoms with Crippen molar-refractivity contribution in [3.8, 4) is 0 Å². The van der Waals surface area contributed by atoms with Gasteiger partial charge in [-0.15, -0.1) is 0 Å². The van der Waals surface area contributed by atoms with Gasteiger partial charge in [-0.2, -0.15) is 0 Å². The predicted octanol–water partition coefficient (Wildman–Crippen LogP) is 0.584. The van der Waals surface area contributed by atoms with E-state index in [1.54, 1.807) is 0 Å². The van der Waals surface area contributed by atoms with Crippen molar-refractivity contribution in [3.63, 3.8) is 0 Å². The summed E-state index contributed by atoms with van der Waals surface area (Å²) in [5.74, 6) is 0. The summed E-state index contributed by atoms with van der Waals surface area (Å²) in [6, 6.07) is 1.32. The number of piperidine rings is 1. The van der Waals surface area contributed by atoms with Crippen molar-refractivity contribution in [2.45, 2.75) is 50.8 Å². The Morgan fingerprint density at radius 3 is 2.93 bits per heavy atom. The third-order valence-corrected chi connectivity index (χ3v) is 3.60. The number of aliphatic hydroxyl groups is 1. The van der Waals surface area contributed by atoms with Crippen LogP contribution in [0.25, 0.3) is 0 Å². The monoisotopic (exact) mass is 198 g/mol. The normalized spacial score (nSPS) is 40.3. The van der Waals surface area contributed by atoms with Gasteiger partial charge in [-0.05, 0) is 39.2 Å². The second kappa shape index (κ2) is 4.60. The molecule has 2 N–H and O–H groups in total. The van der Waals surface area contributed by atoms with Crippen molar-refractivity contribution < 1.29 is 5.11 Å². The van der Waals surface area contributed by atoms with Crippen molar-refractivity contribution in [2.75, 3.05) is 19.6 Å². The van der Waals surface area contributed by atoms with Crippen LogP contribution in [0.1, 0.15) is 32.6 Å². The highest BCUT2D eigenvalue weighted by Crippen LogP contribution is 2.18. The standard InChI is InChI=1S/C11H22N2O/c1-9-4-5-11(14)8-13(9)7-10-3-2-6-12-10/h9-12,14H,2-8H2,1H3/t9-,10?,11-/m1/s1. The first kappa shape index (κ1) is 10.4. The summed E-state index contributed by atoms with van der Waals surface area (Å²) >= 11 is 0. The number of nitrogens with zero attached hydrogens (tertiary/aromatic N) is 1. The zero-order valence-electron chi connectivity index (χ0n) is 9.08. The van der Waals surface area contributed by atoms with Crippen LogP contribution in [-0.4, -0.2) is 47.8 Å². The number of likely N-dealkylation sites (tertiary alicyclic amines) is 1. The summed E-state index contributed by atoms with van der Waals surface area (Å²) in [7, 11) is 0. The molecule has 3 nitrogen and oxygen atoms in total. The minimum absolute atomic E-state index is 0.0902. The van der Waals surface area contributed by atoms with Crippen LogP contribution in [0, 0.1) is 0 Å². The Kier molecular flexibility index (Phi) is 3.42. The van der Waals surface area contributed by atoms with Crippen LogP contribution in [-0.2, 0) is 0 Å². The summed E-state index contributed by atoms with van der Waals surface area (Å²) < 4.78 is 0. The molecule has 0 saturated carbocycles. The van der Waals surface area contributed by atoms with Gasteiger partial charge < -0.3 is 10.4 Å². The third-order valence-electron chi connectivity index (χ3n) is 3.60. The molecule has 0 bridgehead atoms. The van der Waals surface area contributed by atoms with Crippen LogP contribution in [0.3, 0.4) is 0 Å². The zero-order chi connectivity index (χ0) is 9.97. The number of aliphatic hydroxyl groups excluding tert-OH is 1. The van der Waals surface area contributed by atoms with Crippen LogP contribution < -0.4 is 5.32 Å². The molecule has 2 heterocycles. The molecule has 0 spiro atoms. The van der Waals surface area contributed by atoms with E-state index in [1.807, 2.05) is 0 Å². The molecule has 0 aromatic rings. The fourth-order valence-electron chi connectivity index (χ4n) is 2.61. The molecule has 3 heteroatoms. The van der Waals surface area contributed by atoms with Crippen molar-refractivity contribution in [1.82, 2.24) is 10.2 Å². The highest BCUT2D eigenvalue weighted by molar-refractivity contribution is 4.84. The first-order chi connectivity index (χ1) is 6.75. The van der Waals surface area contributed by atoms with Crippen LogP contribution in [0.15, 0.2) is 0 Å². The van der Waals surface area contributed by atoms with E-state index in [0.717, 1.165) is 25.9 Å². The summed E-state index contributed by atoms with van der Waals surface area (Å²) in [6.07, 6.45) is 4.66. The maximum Gasteiger partial charge on any atom is 0.0667 e. The highest BCUT2D eigenvalue weighted by atomic mass is 16.3. The maximum absolute atomic E-state index is 9.61. The van der Waals surface area contributed by atoms with Gasteiger partial charge in [-0.1, -0.05) is 0 Å². The zero-order valence-corrected chi connectivity index (χ0v) is 9.08. The molecule has 82 valence electrons. The van der Waals surface area contributed by atoms with E-state index in [-0.39, 0.29) is 6.10 Å². The minimum Gasteiger partial charge on any atom is -0.392 e. The van der Waals surface area contributed by atoms with Crippen LogP contribution in [0.5, 0.6) is 0 Å². The second-order valence-electron chi connectivity index (χ2n) is 4.83. The molecule has 0 aromatic heterocycles. The fourth-order valence-corrected chi connectivity index (χ4v) is 2.61. The molecule has 14 heavy (non-hydrogen) atoms. The van der Waals surface area contributed by atoms with E-state index >= 15 is 0 Å². The quantitative estimate of drug-likeness (QED) is 0.681. The van der Waals surface area contributed by atoms with Gasteiger partial charge >= 0.3 is 0 Å². The van der Waals surface area contributed by atoms with Gasteiger partial charge in [0.05, 0.1) is 6.10 Å². The molecule has 2 saturated heterocycles. The van der Waals surface area contributed by atoms with Crippen LogP contribution in [0.2, 0.25) is 0 Å². The Morgan fingerprint density at radius 1 is 1.36 bits per heavy atom. The average Bonchev–Trinajstić information content (AvgIpc) is 2.64. The largest absolute Gasteiger partial charge is 0.392 e. The van der Waals surface area contributed by atoms with E-state index < -0.39 is 0 Å². The van der Waals surface area contributed by atoms with E-state index in [1.165, 1.54) is 19.4 Å². The minimum atomic E-state index is -0.0902. The topological polar surface area (TPSA) is 35.5 Å². The summed E-state index contributed by atoms with van der Waals surface area (Å²) in [5, 5.41) is 13.1. The highest BCUT2D eigenvalue weighted by Gasteiger charge is 2.26. The average molecular weight is 198 g/mol. The Labute approximate surface area is 86.5 Å². The van der Waals surface area contributed by atoms with Gasteiger partial charge in [0.15, 0.2) is 0 Å². The van der Waals surface area contributed by atoms with Gasteiger partial charge in [-0.3, -0.25) is 4.90 Å². The first-order valence-corrected chi connectivity index (χ1v) is 5.91. The Hall–Kier alpha value is -0.120. The molecule has 3 atom stereocenters. The lowest BCUT2D eigenvalue weighted by molar-refractivity contribution is 0.0367. The number of hydrogen-bond acceptors (Lipinski definition) is 3. The number of β-amino-alcohol motifs (C(OH)–C–C–N with tert-alkyl or cyclic N) is 1. The third kappa shape index (κ3) is 2.47. The number of hydrogen-bond donors (Lipinski definition) is 2. The molecule has 2 fully saturated rings. The maximum atomic E-state index is 9.61. The molecule has 2 aliphatic heterocycles. The lowest BCUT2D eigenvalue weighted by Crippen LogP contribution is -2.48. The summed E-state index contributed by atoms with van der Waals surface area (Å²) in [4.78, 5) is 2.44. The molecule has 2 rings (SSSR count). The van der Waals surface area contributed by atoms with E-state index in [9.17, 15) is 5.11 Å². The van der Waals surface area contributed by atoms with E-state index in [4.69, 9.17) is 0 Å². The van der Waals surface area contributed by atoms with Crippen LogP contribution >= 0.6 is 0 Å². The van der Waals surface area contributed by atoms with E-state index in [0.29, 0.717) is 12.1 Å². The molecule has 0 aliphatic carbocycles. The number of rotatable bonds is 2. The van der Waals surface area contributed by atoms with Gasteiger partial charge in [0.1, 0.15) is 0 Å². The van der Waals surface area contributed by atoms with Gasteiger partial charge in [0.2, 0.25) is 0 Å². The van der Waals surface area contributed by atoms with E-state index in [2.05, 4.69) is 17.1 Å². The first-order valence-electron chi connectivity index (χ1n) is 5.91. The molecular weight excluding hydrogens is 176 g/mol. The summed E-state index contributed by atoms with van der Waals surface area (Å²) in [6.45, 7) is 5.45. The van der Waals surface area contributed by atoms with Crippen LogP contribution in [0.4, 0.5) is 0 Å². The van der Waals surface area contributed by atoms with Crippen molar-refractivity contribution >= 4 is 0 Å². The summed E-state index contributed by atoms with van der Waals surface area (Å²) in [5.41, 5.74) is 0. The predicted molar refractivity (Wildman–Crippen MR) is 57.3 cm³/mol. The lowest BCUT2D eigenvalue weighted by Gasteiger charge is -2.37. The van der Waals surface area contributed by atoms with Crippen molar-refractivity contribution in [1.29, 1.82) is 0 Å².